The first-order chi connectivity index (χ1) is 11.2. The van der Waals surface area contributed by atoms with E-state index in [4.69, 9.17) is 0 Å². The lowest BCUT2D eigenvalue weighted by molar-refractivity contribution is -0.123. The summed E-state index contributed by atoms with van der Waals surface area (Å²) in [5.41, 5.74) is 7.59. The number of hydrogen-bond acceptors (Lipinski definition) is 5. The van der Waals surface area contributed by atoms with E-state index in [1.165, 1.54) is 0 Å². The van der Waals surface area contributed by atoms with E-state index in [1.807, 2.05) is 18.2 Å². The van der Waals surface area contributed by atoms with E-state index in [-0.39, 0.29) is 18.0 Å². The maximum absolute atomic E-state index is 12.5. The number of hydrogen-bond donors (Lipinski definition) is 4. The molecule has 0 aromatic heterocycles. The number of hydrazine groups is 1. The van der Waals surface area contributed by atoms with Crippen LogP contribution >= 0.6 is 0 Å². The van der Waals surface area contributed by atoms with Crippen LogP contribution in [0, 0.1) is 5.92 Å². The van der Waals surface area contributed by atoms with Gasteiger partial charge < -0.3 is 15.5 Å². The number of carbonyl (C=O) groups is 1. The van der Waals surface area contributed by atoms with Crippen LogP contribution in [-0.2, 0) is 4.79 Å². The first-order valence-electron chi connectivity index (χ1n) is 8.44. The van der Waals surface area contributed by atoms with E-state index >= 15 is 0 Å². The lowest BCUT2D eigenvalue weighted by Crippen LogP contribution is -2.51. The highest BCUT2D eigenvalue weighted by molar-refractivity contribution is 5.82. The zero-order valence-corrected chi connectivity index (χ0v) is 13.9. The average Bonchev–Trinajstić information content (AvgIpc) is 3.03. The first kappa shape index (κ1) is 16.2. The third kappa shape index (κ3) is 3.65. The van der Waals surface area contributed by atoms with E-state index in [0.29, 0.717) is 18.5 Å². The number of piperidine rings is 1. The summed E-state index contributed by atoms with van der Waals surface area (Å²) in [6.45, 7) is 4.66. The molecule has 6 heteroatoms. The van der Waals surface area contributed by atoms with Crippen LogP contribution in [0.15, 0.2) is 30.3 Å². The summed E-state index contributed by atoms with van der Waals surface area (Å²) in [4.78, 5) is 14.7. The Labute approximate surface area is 138 Å². The van der Waals surface area contributed by atoms with E-state index in [1.54, 1.807) is 0 Å². The Hall–Kier alpha value is -1.63. The Kier molecular flexibility index (Phi) is 5.15. The Balaban J connectivity index is 1.50. The molecule has 2 fully saturated rings. The van der Waals surface area contributed by atoms with Gasteiger partial charge in [-0.25, -0.2) is 5.43 Å². The van der Waals surface area contributed by atoms with E-state index < -0.39 is 0 Å². The molecule has 2 heterocycles. The Morgan fingerprint density at radius 2 is 2.13 bits per heavy atom. The van der Waals surface area contributed by atoms with Crippen molar-refractivity contribution in [1.29, 1.82) is 0 Å². The van der Waals surface area contributed by atoms with Gasteiger partial charge >= 0.3 is 0 Å². The second-order valence-corrected chi connectivity index (χ2v) is 6.57. The van der Waals surface area contributed by atoms with Crippen molar-refractivity contribution in [3.8, 4) is 0 Å². The average molecular weight is 317 g/mol. The number of benzene rings is 1. The van der Waals surface area contributed by atoms with Gasteiger partial charge in [-0.3, -0.25) is 10.2 Å². The van der Waals surface area contributed by atoms with Crippen LogP contribution < -0.4 is 26.4 Å². The molecule has 2 saturated heterocycles. The third-order valence-electron chi connectivity index (χ3n) is 5.06. The summed E-state index contributed by atoms with van der Waals surface area (Å²) < 4.78 is 0. The molecule has 1 aromatic carbocycles. The number of anilines is 1. The lowest BCUT2D eigenvalue weighted by atomic mass is 9.89. The lowest BCUT2D eigenvalue weighted by Gasteiger charge is -2.29. The minimum atomic E-state index is -0.151. The van der Waals surface area contributed by atoms with Crippen LogP contribution in [-0.4, -0.2) is 50.7 Å². The molecule has 1 aromatic rings. The highest BCUT2D eigenvalue weighted by Gasteiger charge is 2.41. The molecule has 0 spiro atoms. The SMILES string of the molecule is CC(CNC(=O)C1NNC2CCNCC21)N(C)c1ccccc1. The van der Waals surface area contributed by atoms with Gasteiger partial charge in [0.1, 0.15) is 6.04 Å². The maximum Gasteiger partial charge on any atom is 0.238 e. The number of fused-ring (bicyclic) bond motifs is 1. The van der Waals surface area contributed by atoms with Gasteiger partial charge in [0.15, 0.2) is 0 Å². The predicted molar refractivity (Wildman–Crippen MR) is 92.1 cm³/mol. The van der Waals surface area contributed by atoms with Gasteiger partial charge in [-0.1, -0.05) is 18.2 Å². The topological polar surface area (TPSA) is 68.4 Å². The van der Waals surface area contributed by atoms with Crippen LogP contribution in [0.5, 0.6) is 0 Å². The van der Waals surface area contributed by atoms with Crippen LogP contribution in [0.25, 0.3) is 0 Å². The molecule has 6 nitrogen and oxygen atoms in total. The highest BCUT2D eigenvalue weighted by atomic mass is 16.2. The Morgan fingerprint density at radius 1 is 1.35 bits per heavy atom. The minimum absolute atomic E-state index is 0.0852. The molecular formula is C17H27N5O. The summed E-state index contributed by atoms with van der Waals surface area (Å²) in [6.07, 6.45) is 1.06. The standard InChI is InChI=1S/C17H27N5O/c1-12(22(2)13-6-4-3-5-7-13)10-19-17(23)16-14-11-18-9-8-15(14)20-21-16/h3-7,12,14-16,18,20-21H,8-11H2,1-2H3,(H,19,23). The third-order valence-corrected chi connectivity index (χ3v) is 5.06. The van der Waals surface area contributed by atoms with E-state index in [9.17, 15) is 4.79 Å². The number of para-hydroxylation sites is 1. The molecule has 3 rings (SSSR count). The second kappa shape index (κ2) is 7.29. The van der Waals surface area contributed by atoms with Crippen molar-refractivity contribution in [3.05, 3.63) is 30.3 Å². The minimum Gasteiger partial charge on any atom is -0.370 e. The number of nitrogens with one attached hydrogen (secondary N) is 4. The van der Waals surface area contributed by atoms with Gasteiger partial charge in [0.05, 0.1) is 0 Å². The molecule has 23 heavy (non-hydrogen) atoms. The summed E-state index contributed by atoms with van der Waals surface area (Å²) in [6, 6.07) is 10.7. The highest BCUT2D eigenvalue weighted by Crippen LogP contribution is 2.20. The first-order valence-corrected chi connectivity index (χ1v) is 8.44. The predicted octanol–water partition coefficient (Wildman–Crippen LogP) is 0.0820. The van der Waals surface area contributed by atoms with Crippen molar-refractivity contribution < 1.29 is 4.79 Å². The van der Waals surface area contributed by atoms with Gasteiger partial charge in [-0.15, -0.1) is 0 Å². The Bertz CT molecular complexity index is 523. The van der Waals surface area contributed by atoms with Gasteiger partial charge in [0.25, 0.3) is 0 Å². The summed E-state index contributed by atoms with van der Waals surface area (Å²) in [5, 5.41) is 6.47. The van der Waals surface area contributed by atoms with Crippen molar-refractivity contribution in [1.82, 2.24) is 21.5 Å². The van der Waals surface area contributed by atoms with Gasteiger partial charge in [-0.2, -0.15) is 0 Å². The molecular weight excluding hydrogens is 290 g/mol. The Morgan fingerprint density at radius 3 is 2.91 bits per heavy atom. The number of nitrogens with zero attached hydrogens (tertiary/aromatic N) is 1. The van der Waals surface area contributed by atoms with Crippen molar-refractivity contribution in [2.24, 2.45) is 5.92 Å². The van der Waals surface area contributed by atoms with Crippen LogP contribution in [0.2, 0.25) is 0 Å². The van der Waals surface area contributed by atoms with Crippen LogP contribution in [0.1, 0.15) is 13.3 Å². The van der Waals surface area contributed by atoms with Gasteiger partial charge in [-0.05, 0) is 32.0 Å². The number of rotatable bonds is 5. The fourth-order valence-corrected chi connectivity index (χ4v) is 3.39. The zero-order valence-electron chi connectivity index (χ0n) is 13.9. The van der Waals surface area contributed by atoms with Gasteiger partial charge in [0, 0.05) is 43.8 Å². The maximum atomic E-state index is 12.5. The van der Waals surface area contributed by atoms with Crippen molar-refractivity contribution in [2.45, 2.75) is 31.5 Å². The van der Waals surface area contributed by atoms with Crippen molar-refractivity contribution in [3.63, 3.8) is 0 Å². The smallest absolute Gasteiger partial charge is 0.238 e. The fraction of sp³-hybridized carbons (Fsp3) is 0.588. The second-order valence-electron chi connectivity index (χ2n) is 6.57. The molecule has 0 radical (unpaired) electrons. The van der Waals surface area contributed by atoms with Crippen LogP contribution in [0.4, 0.5) is 5.69 Å². The summed E-state index contributed by atoms with van der Waals surface area (Å²) in [7, 11) is 2.06. The molecule has 2 aliphatic heterocycles. The molecule has 0 bridgehead atoms. The molecule has 126 valence electrons. The fourth-order valence-electron chi connectivity index (χ4n) is 3.39. The molecule has 1 amide bonds. The summed E-state index contributed by atoms with van der Waals surface area (Å²) >= 11 is 0. The monoisotopic (exact) mass is 317 g/mol. The number of likely N-dealkylation sites (N-methyl/N-ethyl adjacent to an activating group) is 1. The van der Waals surface area contributed by atoms with E-state index in [0.717, 1.165) is 25.2 Å². The largest absolute Gasteiger partial charge is 0.370 e. The molecule has 0 saturated carbocycles. The van der Waals surface area contributed by atoms with E-state index in [2.05, 4.69) is 52.5 Å². The molecule has 4 atom stereocenters. The van der Waals surface area contributed by atoms with Crippen molar-refractivity contribution in [2.75, 3.05) is 31.6 Å². The number of carbonyl (C=O) groups excluding carboxylic acids is 1. The number of amides is 1. The molecule has 4 N–H and O–H groups in total. The van der Waals surface area contributed by atoms with Crippen LogP contribution in [0.3, 0.4) is 0 Å². The molecule has 2 aliphatic rings. The molecule has 0 aliphatic carbocycles. The van der Waals surface area contributed by atoms with Crippen molar-refractivity contribution >= 4 is 11.6 Å². The quantitative estimate of drug-likeness (QED) is 0.619. The summed E-state index contributed by atoms with van der Waals surface area (Å²) in [5.74, 6) is 0.410. The normalized spacial score (nSPS) is 28.0. The zero-order chi connectivity index (χ0) is 16.2. The van der Waals surface area contributed by atoms with Gasteiger partial charge in [0.2, 0.25) is 5.91 Å². The molecule has 4 unspecified atom stereocenters.